The first-order valence-electron chi connectivity index (χ1n) is 10.5. The lowest BCUT2D eigenvalue weighted by molar-refractivity contribution is -0.154. The highest BCUT2D eigenvalue weighted by Crippen LogP contribution is 2.38. The molecular weight excluding hydrogens is 465 g/mol. The summed E-state index contributed by atoms with van der Waals surface area (Å²) in [6, 6.07) is 16.0. The first kappa shape index (κ1) is 23.9. The summed E-state index contributed by atoms with van der Waals surface area (Å²) in [4.78, 5) is 25.4. The largest absolute Gasteiger partial charge is 0.494 e. The second-order valence-corrected chi connectivity index (χ2v) is 7.51. The minimum absolute atomic E-state index is 0.0584. The highest BCUT2D eigenvalue weighted by molar-refractivity contribution is 5.91. The van der Waals surface area contributed by atoms with Gasteiger partial charge < -0.3 is 18.6 Å². The number of hydrogen-bond acceptors (Lipinski definition) is 6. The van der Waals surface area contributed by atoms with Crippen LogP contribution >= 0.6 is 0 Å². The second kappa shape index (κ2) is 9.54. The van der Waals surface area contributed by atoms with E-state index in [0.717, 1.165) is 11.6 Å². The summed E-state index contributed by atoms with van der Waals surface area (Å²) in [5.41, 5.74) is -0.478. The van der Waals surface area contributed by atoms with Gasteiger partial charge in [-0.05, 0) is 67.9 Å². The van der Waals surface area contributed by atoms with Gasteiger partial charge in [-0.3, -0.25) is 4.79 Å². The lowest BCUT2D eigenvalue weighted by Crippen LogP contribution is -2.15. The molecule has 180 valence electrons. The van der Waals surface area contributed by atoms with Gasteiger partial charge in [-0.15, -0.1) is 0 Å². The first-order valence-corrected chi connectivity index (χ1v) is 10.5. The third-order valence-corrected chi connectivity index (χ3v) is 4.90. The van der Waals surface area contributed by atoms with Crippen LogP contribution in [0, 0.1) is 6.92 Å². The summed E-state index contributed by atoms with van der Waals surface area (Å²) in [5.74, 6) is -2.78. The van der Waals surface area contributed by atoms with Gasteiger partial charge in [0, 0.05) is 6.07 Å². The Morgan fingerprint density at radius 1 is 0.943 bits per heavy atom. The number of carbonyl (C=O) groups excluding carboxylic acids is 1. The molecule has 0 aliphatic carbocycles. The summed E-state index contributed by atoms with van der Waals surface area (Å²) >= 11 is 0. The van der Waals surface area contributed by atoms with Crippen LogP contribution in [0.2, 0.25) is 0 Å². The predicted molar refractivity (Wildman–Crippen MR) is 121 cm³/mol. The van der Waals surface area contributed by atoms with Gasteiger partial charge in [0.25, 0.3) is 5.76 Å². The van der Waals surface area contributed by atoms with E-state index < -0.39 is 34.7 Å². The molecule has 0 atom stereocenters. The van der Waals surface area contributed by atoms with E-state index in [1.165, 1.54) is 36.4 Å². The van der Waals surface area contributed by atoms with E-state index in [0.29, 0.717) is 12.4 Å². The van der Waals surface area contributed by atoms with E-state index in [9.17, 15) is 22.8 Å². The van der Waals surface area contributed by atoms with Crippen molar-refractivity contribution in [2.24, 2.45) is 0 Å². The number of carbonyl (C=O) groups is 1. The van der Waals surface area contributed by atoms with Crippen molar-refractivity contribution in [3.05, 3.63) is 93.8 Å². The molecule has 3 aromatic carbocycles. The molecule has 1 aromatic heterocycles. The Morgan fingerprint density at radius 2 is 1.66 bits per heavy atom. The van der Waals surface area contributed by atoms with E-state index >= 15 is 0 Å². The van der Waals surface area contributed by atoms with Gasteiger partial charge >= 0.3 is 12.1 Å². The van der Waals surface area contributed by atoms with Crippen LogP contribution in [-0.4, -0.2) is 12.6 Å². The van der Waals surface area contributed by atoms with Crippen molar-refractivity contribution in [3.63, 3.8) is 0 Å². The molecule has 0 aliphatic rings. The lowest BCUT2D eigenvalue weighted by Gasteiger charge is -2.14. The molecule has 0 spiro atoms. The number of hydrogen-bond donors (Lipinski definition) is 0. The van der Waals surface area contributed by atoms with Gasteiger partial charge in [0.1, 0.15) is 22.8 Å². The van der Waals surface area contributed by atoms with Crippen molar-refractivity contribution in [2.75, 3.05) is 6.61 Å². The number of benzene rings is 3. The molecule has 4 aromatic rings. The maximum atomic E-state index is 13.7. The number of esters is 1. The van der Waals surface area contributed by atoms with Crippen LogP contribution in [0.3, 0.4) is 0 Å². The van der Waals surface area contributed by atoms with Crippen LogP contribution in [0.5, 0.6) is 23.0 Å². The zero-order chi connectivity index (χ0) is 25.2. The Kier molecular flexibility index (Phi) is 6.50. The van der Waals surface area contributed by atoms with Crippen molar-refractivity contribution < 1.29 is 36.6 Å². The molecule has 0 saturated carbocycles. The third kappa shape index (κ3) is 5.29. The maximum absolute atomic E-state index is 13.7. The molecule has 9 heteroatoms. The molecule has 0 bridgehead atoms. The quantitative estimate of drug-likeness (QED) is 0.229. The smallest absolute Gasteiger partial charge is 0.453 e. The summed E-state index contributed by atoms with van der Waals surface area (Å²) in [6.45, 7) is 4.02. The number of alkyl halides is 3. The summed E-state index contributed by atoms with van der Waals surface area (Å²) in [6.07, 6.45) is -5.01. The molecule has 1 heterocycles. The lowest BCUT2D eigenvalue weighted by atomic mass is 10.2. The van der Waals surface area contributed by atoms with Crippen LogP contribution in [0.25, 0.3) is 11.0 Å². The fourth-order valence-electron chi connectivity index (χ4n) is 3.32. The number of halogens is 3. The van der Waals surface area contributed by atoms with E-state index in [-0.39, 0.29) is 22.4 Å². The fourth-order valence-corrected chi connectivity index (χ4v) is 3.32. The minimum Gasteiger partial charge on any atom is -0.494 e. The van der Waals surface area contributed by atoms with E-state index in [2.05, 4.69) is 0 Å². The molecule has 0 unspecified atom stereocenters. The molecule has 0 N–H and O–H groups in total. The molecule has 4 rings (SSSR count). The van der Waals surface area contributed by atoms with Crippen molar-refractivity contribution >= 4 is 16.9 Å². The highest BCUT2D eigenvalue weighted by atomic mass is 19.4. The fraction of sp³-hybridized carbons (Fsp3) is 0.154. The molecule has 0 radical (unpaired) electrons. The third-order valence-electron chi connectivity index (χ3n) is 4.90. The number of fused-ring (bicyclic) bond motifs is 1. The second-order valence-electron chi connectivity index (χ2n) is 7.51. The monoisotopic (exact) mass is 484 g/mol. The van der Waals surface area contributed by atoms with Crippen LogP contribution in [0.1, 0.15) is 28.6 Å². The SMILES string of the molecule is CCOc1ccc(C(=O)Oc2ccc3c(=O)c(Oc4cccc(C)c4)c(C(F)(F)F)oc3c2)cc1. The van der Waals surface area contributed by atoms with Gasteiger partial charge in [-0.25, -0.2) is 4.79 Å². The van der Waals surface area contributed by atoms with E-state index in [1.807, 2.05) is 6.92 Å². The number of rotatable bonds is 6. The average molecular weight is 484 g/mol. The van der Waals surface area contributed by atoms with Crippen LogP contribution < -0.4 is 19.6 Å². The van der Waals surface area contributed by atoms with Gasteiger partial charge in [-0.1, -0.05) is 12.1 Å². The zero-order valence-corrected chi connectivity index (χ0v) is 18.6. The summed E-state index contributed by atoms with van der Waals surface area (Å²) < 4.78 is 62.2. The Balaban J connectivity index is 1.69. The number of aryl methyl sites for hydroxylation is 1. The van der Waals surface area contributed by atoms with Gasteiger partial charge in [-0.2, -0.15) is 13.2 Å². The topological polar surface area (TPSA) is 75.0 Å². The minimum atomic E-state index is -5.01. The molecule has 0 aliphatic heterocycles. The Hall–Kier alpha value is -4.27. The van der Waals surface area contributed by atoms with Crippen molar-refractivity contribution in [1.29, 1.82) is 0 Å². The zero-order valence-electron chi connectivity index (χ0n) is 18.6. The Morgan fingerprint density at radius 3 is 2.31 bits per heavy atom. The summed E-state index contributed by atoms with van der Waals surface area (Å²) in [7, 11) is 0. The van der Waals surface area contributed by atoms with Crippen LogP contribution in [-0.2, 0) is 6.18 Å². The van der Waals surface area contributed by atoms with Gasteiger partial charge in [0.05, 0.1) is 17.6 Å². The molecule has 6 nitrogen and oxygen atoms in total. The Labute approximate surface area is 197 Å². The van der Waals surface area contributed by atoms with Crippen molar-refractivity contribution in [1.82, 2.24) is 0 Å². The van der Waals surface area contributed by atoms with E-state index in [4.69, 9.17) is 18.6 Å². The molecular formula is C26H19F3O6. The molecule has 35 heavy (non-hydrogen) atoms. The normalized spacial score (nSPS) is 11.3. The Bertz CT molecular complexity index is 1440. The van der Waals surface area contributed by atoms with Gasteiger partial charge in [0.15, 0.2) is 0 Å². The molecule has 0 fully saturated rings. The van der Waals surface area contributed by atoms with Crippen LogP contribution in [0.4, 0.5) is 13.2 Å². The predicted octanol–water partition coefficient (Wildman–Crippen LogP) is 6.53. The number of ether oxygens (including phenoxy) is 3. The molecule has 0 amide bonds. The summed E-state index contributed by atoms with van der Waals surface area (Å²) in [5, 5.41) is -0.165. The van der Waals surface area contributed by atoms with Crippen molar-refractivity contribution in [3.8, 4) is 23.0 Å². The van der Waals surface area contributed by atoms with Crippen molar-refractivity contribution in [2.45, 2.75) is 20.0 Å². The first-order chi connectivity index (χ1) is 16.7. The van der Waals surface area contributed by atoms with Crippen LogP contribution in [0.15, 0.2) is 75.9 Å². The average Bonchev–Trinajstić information content (AvgIpc) is 2.81. The van der Waals surface area contributed by atoms with Gasteiger partial charge in [0.2, 0.25) is 11.2 Å². The standard InChI is InChI=1S/C26H19F3O6/c1-3-32-17-9-7-16(8-10-17)25(31)34-19-11-12-20-21(14-19)35-24(26(27,28)29)23(22(20)30)33-18-6-4-5-15(2)13-18/h4-14H,3H2,1-2H3. The van der Waals surface area contributed by atoms with E-state index in [1.54, 1.807) is 31.2 Å². The maximum Gasteiger partial charge on any atom is 0.453 e. The highest BCUT2D eigenvalue weighted by Gasteiger charge is 2.40. The molecule has 0 saturated heterocycles.